The maximum absolute atomic E-state index is 11.8. The topological polar surface area (TPSA) is 60.9 Å². The third-order valence-corrected chi connectivity index (χ3v) is 3.53. The number of nitrogens with two attached hydrogens (primary N) is 1. The highest BCUT2D eigenvalue weighted by atomic mass is 16.1. The van der Waals surface area contributed by atoms with Gasteiger partial charge in [0.15, 0.2) is 0 Å². The average molecular weight is 219 g/mol. The predicted molar refractivity (Wildman–Crippen MR) is 61.2 cm³/mol. The fourth-order valence-corrected chi connectivity index (χ4v) is 2.34. The van der Waals surface area contributed by atoms with Crippen LogP contribution in [0.5, 0.6) is 0 Å². The third kappa shape index (κ3) is 1.89. The highest BCUT2D eigenvalue weighted by Gasteiger charge is 2.24. The second-order valence-electron chi connectivity index (χ2n) is 5.08. The fraction of sp³-hybridized carbons (Fsp3) is 0.667. The lowest BCUT2D eigenvalue weighted by atomic mass is 9.93. The smallest absolute Gasteiger partial charge is 0.267 e. The second-order valence-corrected chi connectivity index (χ2v) is 5.08. The minimum Gasteiger partial charge on any atom is -0.327 e. The molecule has 4 nitrogen and oxygen atoms in total. The molecule has 0 amide bonds. The van der Waals surface area contributed by atoms with Gasteiger partial charge in [-0.2, -0.15) is 5.10 Å². The fourth-order valence-electron chi connectivity index (χ4n) is 2.34. The van der Waals surface area contributed by atoms with Crippen LogP contribution < -0.4 is 11.3 Å². The first-order valence-corrected chi connectivity index (χ1v) is 6.08. The first-order valence-electron chi connectivity index (χ1n) is 6.08. The monoisotopic (exact) mass is 219 g/mol. The van der Waals surface area contributed by atoms with Crippen molar-refractivity contribution in [2.24, 2.45) is 11.7 Å². The van der Waals surface area contributed by atoms with Crippen LogP contribution in [-0.4, -0.2) is 15.8 Å². The Kier molecular flexibility index (Phi) is 2.32. The minimum absolute atomic E-state index is 0.0414. The van der Waals surface area contributed by atoms with E-state index >= 15 is 0 Å². The number of hydrogen-bond donors (Lipinski definition) is 1. The standard InChI is InChI=1S/C12H17N3O/c13-10-3-4-11-9(5-10)6-12(16)15(14-11)7-8-1-2-8/h6,8,10H,1-5,7,13H2/t10-/m0/s1. The second kappa shape index (κ2) is 3.70. The Balaban J connectivity index is 1.93. The van der Waals surface area contributed by atoms with Crippen molar-refractivity contribution in [1.29, 1.82) is 0 Å². The molecule has 0 spiro atoms. The first kappa shape index (κ1) is 10.0. The maximum Gasteiger partial charge on any atom is 0.267 e. The van der Waals surface area contributed by atoms with E-state index in [4.69, 9.17) is 5.73 Å². The van der Waals surface area contributed by atoms with Crippen molar-refractivity contribution in [1.82, 2.24) is 9.78 Å². The van der Waals surface area contributed by atoms with Crippen molar-refractivity contribution in [2.45, 2.75) is 44.7 Å². The number of fused-ring (bicyclic) bond motifs is 1. The van der Waals surface area contributed by atoms with E-state index in [0.717, 1.165) is 37.1 Å². The number of aryl methyl sites for hydroxylation is 1. The molecule has 0 radical (unpaired) electrons. The summed E-state index contributed by atoms with van der Waals surface area (Å²) in [7, 11) is 0. The van der Waals surface area contributed by atoms with Crippen molar-refractivity contribution in [3.63, 3.8) is 0 Å². The van der Waals surface area contributed by atoms with E-state index in [1.165, 1.54) is 12.8 Å². The van der Waals surface area contributed by atoms with Crippen LogP contribution in [-0.2, 0) is 19.4 Å². The van der Waals surface area contributed by atoms with Crippen molar-refractivity contribution in [3.8, 4) is 0 Å². The Labute approximate surface area is 94.5 Å². The van der Waals surface area contributed by atoms with Crippen LogP contribution in [0.1, 0.15) is 30.5 Å². The van der Waals surface area contributed by atoms with E-state index in [0.29, 0.717) is 5.92 Å². The van der Waals surface area contributed by atoms with Gasteiger partial charge in [-0.1, -0.05) is 0 Å². The summed E-state index contributed by atoms with van der Waals surface area (Å²) >= 11 is 0. The van der Waals surface area contributed by atoms with Crippen LogP contribution in [0, 0.1) is 5.92 Å². The summed E-state index contributed by atoms with van der Waals surface area (Å²) in [5.74, 6) is 0.689. The maximum atomic E-state index is 11.8. The van der Waals surface area contributed by atoms with Gasteiger partial charge < -0.3 is 5.73 Å². The SMILES string of the molecule is N[C@H]1CCc2nn(CC3CC3)c(=O)cc2C1. The normalized spacial score (nSPS) is 24.2. The molecular formula is C12H17N3O. The molecule has 2 aliphatic rings. The van der Waals surface area contributed by atoms with Crippen LogP contribution in [0.3, 0.4) is 0 Å². The van der Waals surface area contributed by atoms with Crippen molar-refractivity contribution < 1.29 is 0 Å². The third-order valence-electron chi connectivity index (χ3n) is 3.53. The summed E-state index contributed by atoms with van der Waals surface area (Å²) in [5.41, 5.74) is 8.08. The van der Waals surface area contributed by atoms with Crippen molar-refractivity contribution >= 4 is 0 Å². The summed E-state index contributed by atoms with van der Waals surface area (Å²) < 4.78 is 1.65. The van der Waals surface area contributed by atoms with E-state index in [1.807, 2.05) is 0 Å². The number of nitrogens with zero attached hydrogens (tertiary/aromatic N) is 2. The van der Waals surface area contributed by atoms with Crippen LogP contribution in [0.25, 0.3) is 0 Å². The van der Waals surface area contributed by atoms with Gasteiger partial charge >= 0.3 is 0 Å². The molecule has 1 saturated carbocycles. The highest BCUT2D eigenvalue weighted by molar-refractivity contribution is 5.22. The number of hydrogen-bond acceptors (Lipinski definition) is 3. The van der Waals surface area contributed by atoms with Crippen LogP contribution in [0.15, 0.2) is 10.9 Å². The van der Waals surface area contributed by atoms with Gasteiger partial charge in [0.1, 0.15) is 0 Å². The van der Waals surface area contributed by atoms with Gasteiger partial charge in [0.2, 0.25) is 0 Å². The molecule has 4 heteroatoms. The lowest BCUT2D eigenvalue weighted by molar-refractivity contribution is 0.492. The van der Waals surface area contributed by atoms with Crippen molar-refractivity contribution in [3.05, 3.63) is 27.7 Å². The molecule has 2 N–H and O–H groups in total. The van der Waals surface area contributed by atoms with E-state index < -0.39 is 0 Å². The Morgan fingerprint density at radius 2 is 2.25 bits per heavy atom. The lowest BCUT2D eigenvalue weighted by Gasteiger charge is -2.20. The van der Waals surface area contributed by atoms with Gasteiger partial charge in [-0.25, -0.2) is 4.68 Å². The summed E-state index contributed by atoms with van der Waals surface area (Å²) in [6.45, 7) is 0.804. The van der Waals surface area contributed by atoms with E-state index in [9.17, 15) is 4.79 Å². The van der Waals surface area contributed by atoms with Gasteiger partial charge in [0, 0.05) is 18.7 Å². The van der Waals surface area contributed by atoms with E-state index in [2.05, 4.69) is 5.10 Å². The summed E-state index contributed by atoms with van der Waals surface area (Å²) in [5, 5.41) is 4.48. The minimum atomic E-state index is 0.0414. The zero-order valence-electron chi connectivity index (χ0n) is 9.35. The van der Waals surface area contributed by atoms with Crippen LogP contribution in [0.2, 0.25) is 0 Å². The summed E-state index contributed by atoms with van der Waals surface area (Å²) in [6, 6.07) is 1.94. The Bertz CT molecular complexity index is 462. The highest BCUT2D eigenvalue weighted by Crippen LogP contribution is 2.30. The van der Waals surface area contributed by atoms with E-state index in [1.54, 1.807) is 10.7 Å². The quantitative estimate of drug-likeness (QED) is 0.786. The van der Waals surface area contributed by atoms with Crippen LogP contribution in [0.4, 0.5) is 0 Å². The molecule has 1 atom stereocenters. The van der Waals surface area contributed by atoms with E-state index in [-0.39, 0.29) is 11.6 Å². The van der Waals surface area contributed by atoms with Crippen molar-refractivity contribution in [2.75, 3.05) is 0 Å². The first-order chi connectivity index (χ1) is 7.72. The molecule has 1 fully saturated rings. The summed E-state index contributed by atoms with van der Waals surface area (Å²) in [4.78, 5) is 11.8. The molecule has 86 valence electrons. The zero-order valence-corrected chi connectivity index (χ0v) is 9.35. The molecule has 0 saturated heterocycles. The summed E-state index contributed by atoms with van der Waals surface area (Å²) in [6.07, 6.45) is 5.21. The van der Waals surface area contributed by atoms with Gasteiger partial charge in [-0.05, 0) is 43.6 Å². The van der Waals surface area contributed by atoms with Gasteiger partial charge in [0.05, 0.1) is 5.69 Å². The average Bonchev–Trinajstić information content (AvgIpc) is 3.03. The molecule has 1 aromatic heterocycles. The Morgan fingerprint density at radius 1 is 1.44 bits per heavy atom. The predicted octanol–water partition coefficient (Wildman–Crippen LogP) is 0.469. The molecule has 0 aliphatic heterocycles. The zero-order chi connectivity index (χ0) is 11.1. The molecule has 2 aliphatic carbocycles. The largest absolute Gasteiger partial charge is 0.327 e. The Morgan fingerprint density at radius 3 is 3.00 bits per heavy atom. The van der Waals surface area contributed by atoms with Gasteiger partial charge in [0.25, 0.3) is 5.56 Å². The lowest BCUT2D eigenvalue weighted by Crippen LogP contribution is -2.33. The number of rotatable bonds is 2. The molecule has 1 heterocycles. The molecule has 0 bridgehead atoms. The molecule has 0 aromatic carbocycles. The molecule has 1 aromatic rings. The van der Waals surface area contributed by atoms with Gasteiger partial charge in [-0.15, -0.1) is 0 Å². The Hall–Kier alpha value is -1.16. The molecule has 0 unspecified atom stereocenters. The number of aromatic nitrogens is 2. The molecular weight excluding hydrogens is 202 g/mol. The van der Waals surface area contributed by atoms with Gasteiger partial charge in [-0.3, -0.25) is 4.79 Å². The van der Waals surface area contributed by atoms with Crippen LogP contribution >= 0.6 is 0 Å². The molecule has 16 heavy (non-hydrogen) atoms. The molecule has 3 rings (SSSR count).